The highest BCUT2D eigenvalue weighted by atomic mass is 19.1. The van der Waals surface area contributed by atoms with Crippen LogP contribution in [-0.4, -0.2) is 39.1 Å². The van der Waals surface area contributed by atoms with E-state index in [1.807, 2.05) is 6.92 Å². The number of hydrogen-bond donors (Lipinski definition) is 4. The average Bonchev–Trinajstić information content (AvgIpc) is 2.75. The zero-order chi connectivity index (χ0) is 21.3. The SMILES string of the molecule is C[C@H](Nc1cc(C(=O)NCCCO)cc(Nc2cnccn2)n1)c1ccc(F)cc1. The first-order chi connectivity index (χ1) is 14.5. The van der Waals surface area contributed by atoms with Crippen LogP contribution in [0.5, 0.6) is 0 Å². The fourth-order valence-corrected chi connectivity index (χ4v) is 2.73. The minimum Gasteiger partial charge on any atom is -0.396 e. The standard InChI is InChI=1S/C21H23FN6O2/c1-14(15-3-5-17(22)6-4-15)26-18-11-16(21(30)25-7-2-10-29)12-19(27-18)28-20-13-23-8-9-24-20/h3-6,8-9,11-14,29H,2,7,10H2,1H3,(H,25,30)(H2,24,26,27,28)/t14-/m0/s1. The molecule has 2 aromatic heterocycles. The van der Waals surface area contributed by atoms with Gasteiger partial charge in [0, 0.05) is 37.2 Å². The second-order valence-corrected chi connectivity index (χ2v) is 6.59. The predicted molar refractivity (Wildman–Crippen MR) is 112 cm³/mol. The molecule has 0 unspecified atom stereocenters. The summed E-state index contributed by atoms with van der Waals surface area (Å²) in [6, 6.07) is 9.25. The first kappa shape index (κ1) is 21.1. The number of rotatable bonds is 9. The molecule has 0 aliphatic carbocycles. The summed E-state index contributed by atoms with van der Waals surface area (Å²) in [5.41, 5.74) is 1.27. The van der Waals surface area contributed by atoms with Crippen molar-refractivity contribution < 1.29 is 14.3 Å². The molecule has 1 aromatic carbocycles. The van der Waals surface area contributed by atoms with E-state index in [-0.39, 0.29) is 24.4 Å². The molecule has 0 radical (unpaired) electrons. The van der Waals surface area contributed by atoms with E-state index in [9.17, 15) is 9.18 Å². The number of carbonyl (C=O) groups excluding carboxylic acids is 1. The summed E-state index contributed by atoms with van der Waals surface area (Å²) >= 11 is 0. The van der Waals surface area contributed by atoms with Crippen molar-refractivity contribution in [1.82, 2.24) is 20.3 Å². The van der Waals surface area contributed by atoms with E-state index in [0.717, 1.165) is 5.56 Å². The lowest BCUT2D eigenvalue weighted by atomic mass is 10.1. The lowest BCUT2D eigenvalue weighted by molar-refractivity contribution is 0.0951. The molecule has 0 fully saturated rings. The van der Waals surface area contributed by atoms with Crippen molar-refractivity contribution in [2.75, 3.05) is 23.8 Å². The number of hydrogen-bond acceptors (Lipinski definition) is 7. The number of nitrogens with one attached hydrogen (secondary N) is 3. The van der Waals surface area contributed by atoms with Crippen molar-refractivity contribution >= 4 is 23.4 Å². The van der Waals surface area contributed by atoms with Crippen molar-refractivity contribution in [2.24, 2.45) is 0 Å². The summed E-state index contributed by atoms with van der Waals surface area (Å²) in [6.45, 7) is 2.27. The van der Waals surface area contributed by atoms with Gasteiger partial charge in [-0.25, -0.2) is 14.4 Å². The van der Waals surface area contributed by atoms with Crippen LogP contribution in [0.2, 0.25) is 0 Å². The van der Waals surface area contributed by atoms with Crippen LogP contribution >= 0.6 is 0 Å². The molecule has 1 amide bonds. The Kier molecular flexibility index (Phi) is 7.23. The van der Waals surface area contributed by atoms with Gasteiger partial charge in [-0.05, 0) is 43.2 Å². The largest absolute Gasteiger partial charge is 0.396 e. The number of aliphatic hydroxyl groups is 1. The third-order valence-electron chi connectivity index (χ3n) is 4.26. The van der Waals surface area contributed by atoms with Gasteiger partial charge in [0.1, 0.15) is 23.3 Å². The zero-order valence-corrected chi connectivity index (χ0v) is 16.5. The van der Waals surface area contributed by atoms with Crippen LogP contribution in [0.3, 0.4) is 0 Å². The second-order valence-electron chi connectivity index (χ2n) is 6.59. The number of nitrogens with zero attached hydrogens (tertiary/aromatic N) is 3. The van der Waals surface area contributed by atoms with Gasteiger partial charge in [0.2, 0.25) is 0 Å². The van der Waals surface area contributed by atoms with E-state index < -0.39 is 0 Å². The maximum absolute atomic E-state index is 13.2. The number of anilines is 3. The van der Waals surface area contributed by atoms with Crippen LogP contribution in [0.4, 0.5) is 21.8 Å². The number of aromatic nitrogens is 3. The number of pyridine rings is 1. The monoisotopic (exact) mass is 410 g/mol. The van der Waals surface area contributed by atoms with Crippen molar-refractivity contribution in [1.29, 1.82) is 0 Å². The Morgan fingerprint density at radius 3 is 2.60 bits per heavy atom. The predicted octanol–water partition coefficient (Wildman–Crippen LogP) is 3.04. The highest BCUT2D eigenvalue weighted by Gasteiger charge is 2.13. The molecular formula is C21H23FN6O2. The van der Waals surface area contributed by atoms with E-state index in [2.05, 4.69) is 30.9 Å². The molecule has 30 heavy (non-hydrogen) atoms. The molecule has 0 aliphatic heterocycles. The molecule has 0 spiro atoms. The Morgan fingerprint density at radius 1 is 1.13 bits per heavy atom. The van der Waals surface area contributed by atoms with Crippen molar-refractivity contribution in [2.45, 2.75) is 19.4 Å². The summed E-state index contributed by atoms with van der Waals surface area (Å²) in [7, 11) is 0. The van der Waals surface area contributed by atoms with E-state index in [0.29, 0.717) is 36.0 Å². The summed E-state index contributed by atoms with van der Waals surface area (Å²) in [5.74, 6) is 0.777. The molecule has 0 aliphatic rings. The molecule has 0 saturated heterocycles. The van der Waals surface area contributed by atoms with Crippen LogP contribution in [-0.2, 0) is 0 Å². The fraction of sp³-hybridized carbons (Fsp3) is 0.238. The third kappa shape index (κ3) is 5.95. The Labute approximate surface area is 173 Å². The maximum atomic E-state index is 13.2. The molecule has 9 heteroatoms. The molecule has 0 saturated carbocycles. The van der Waals surface area contributed by atoms with Crippen LogP contribution < -0.4 is 16.0 Å². The third-order valence-corrected chi connectivity index (χ3v) is 4.26. The number of benzene rings is 1. The van der Waals surface area contributed by atoms with Gasteiger partial charge in [-0.3, -0.25) is 9.78 Å². The molecule has 156 valence electrons. The van der Waals surface area contributed by atoms with Crippen LogP contribution in [0.1, 0.15) is 35.3 Å². The van der Waals surface area contributed by atoms with E-state index >= 15 is 0 Å². The summed E-state index contributed by atoms with van der Waals surface area (Å²) < 4.78 is 13.2. The van der Waals surface area contributed by atoms with Crippen molar-refractivity contribution in [3.63, 3.8) is 0 Å². The molecule has 3 rings (SSSR count). The van der Waals surface area contributed by atoms with Crippen molar-refractivity contribution in [3.8, 4) is 0 Å². The number of halogens is 1. The molecular weight excluding hydrogens is 387 g/mol. The topological polar surface area (TPSA) is 112 Å². The van der Waals surface area contributed by atoms with E-state index in [4.69, 9.17) is 5.11 Å². The molecule has 4 N–H and O–H groups in total. The number of carbonyl (C=O) groups is 1. The molecule has 2 heterocycles. The van der Waals surface area contributed by atoms with E-state index in [1.165, 1.54) is 12.1 Å². The minimum atomic E-state index is -0.305. The van der Waals surface area contributed by atoms with Gasteiger partial charge >= 0.3 is 0 Å². The Hall–Kier alpha value is -3.59. The lowest BCUT2D eigenvalue weighted by Gasteiger charge is -2.17. The zero-order valence-electron chi connectivity index (χ0n) is 16.5. The maximum Gasteiger partial charge on any atom is 0.251 e. The van der Waals surface area contributed by atoms with Crippen LogP contribution in [0.15, 0.2) is 55.0 Å². The van der Waals surface area contributed by atoms with Gasteiger partial charge in [-0.1, -0.05) is 12.1 Å². The van der Waals surface area contributed by atoms with Gasteiger partial charge in [-0.15, -0.1) is 0 Å². The molecule has 0 bridgehead atoms. The quantitative estimate of drug-likeness (QED) is 0.401. The van der Waals surface area contributed by atoms with Crippen LogP contribution in [0.25, 0.3) is 0 Å². The number of amides is 1. The van der Waals surface area contributed by atoms with E-state index in [1.54, 1.807) is 42.9 Å². The highest BCUT2D eigenvalue weighted by molar-refractivity contribution is 5.95. The lowest BCUT2D eigenvalue weighted by Crippen LogP contribution is -2.25. The second kappa shape index (κ2) is 10.3. The summed E-state index contributed by atoms with van der Waals surface area (Å²) in [4.78, 5) is 25.2. The minimum absolute atomic E-state index is 0.00189. The molecule has 1 atom stereocenters. The smallest absolute Gasteiger partial charge is 0.251 e. The van der Waals surface area contributed by atoms with Gasteiger partial charge in [0.15, 0.2) is 0 Å². The Morgan fingerprint density at radius 2 is 1.90 bits per heavy atom. The molecule has 8 nitrogen and oxygen atoms in total. The highest BCUT2D eigenvalue weighted by Crippen LogP contribution is 2.22. The van der Waals surface area contributed by atoms with Gasteiger partial charge in [-0.2, -0.15) is 0 Å². The van der Waals surface area contributed by atoms with Crippen LogP contribution in [0, 0.1) is 5.82 Å². The normalized spacial score (nSPS) is 11.6. The Balaban J connectivity index is 1.84. The average molecular weight is 410 g/mol. The van der Waals surface area contributed by atoms with Gasteiger partial charge in [0.25, 0.3) is 5.91 Å². The summed E-state index contributed by atoms with van der Waals surface area (Å²) in [6.07, 6.45) is 5.11. The number of aliphatic hydroxyl groups excluding tert-OH is 1. The first-order valence-corrected chi connectivity index (χ1v) is 9.51. The fourth-order valence-electron chi connectivity index (χ4n) is 2.73. The van der Waals surface area contributed by atoms with Gasteiger partial charge < -0.3 is 21.1 Å². The van der Waals surface area contributed by atoms with Gasteiger partial charge in [0.05, 0.1) is 6.20 Å². The summed E-state index contributed by atoms with van der Waals surface area (Å²) in [5, 5.41) is 17.9. The molecule has 3 aromatic rings. The van der Waals surface area contributed by atoms with Crippen molar-refractivity contribution in [3.05, 3.63) is 71.9 Å². The Bertz CT molecular complexity index is 969. The first-order valence-electron chi connectivity index (χ1n) is 9.51.